The molecular weight excluding hydrogens is 386 g/mol. The Bertz CT molecular complexity index is 982. The van der Waals surface area contributed by atoms with Crippen molar-refractivity contribution in [1.29, 1.82) is 0 Å². The summed E-state index contributed by atoms with van der Waals surface area (Å²) >= 11 is 1.55. The molecule has 0 radical (unpaired) electrons. The van der Waals surface area contributed by atoms with E-state index in [4.69, 9.17) is 9.84 Å². The topological polar surface area (TPSA) is 64.4 Å². The van der Waals surface area contributed by atoms with E-state index in [9.17, 15) is 9.59 Å². The molecule has 0 spiro atoms. The number of piperidine rings is 1. The Morgan fingerprint density at radius 1 is 1.21 bits per heavy atom. The summed E-state index contributed by atoms with van der Waals surface area (Å²) in [5.74, 6) is -0.574. The van der Waals surface area contributed by atoms with Gasteiger partial charge in [0.05, 0.1) is 28.7 Å². The van der Waals surface area contributed by atoms with Gasteiger partial charge in [-0.05, 0) is 43.3 Å². The quantitative estimate of drug-likeness (QED) is 0.597. The number of hydrogen-bond acceptors (Lipinski definition) is 5. The Kier molecular flexibility index (Phi) is 5.76. The molecule has 0 saturated carbocycles. The van der Waals surface area contributed by atoms with Crippen LogP contribution < -0.4 is 0 Å². The number of para-hydroxylation sites is 1. The number of carbonyl (C=O) groups is 2. The number of aromatic nitrogens is 2. The molecule has 3 aromatic rings. The second-order valence-electron chi connectivity index (χ2n) is 6.99. The number of hydrogen-bond donors (Lipinski definition) is 0. The van der Waals surface area contributed by atoms with Crippen molar-refractivity contribution in [2.45, 2.75) is 19.8 Å². The van der Waals surface area contributed by atoms with Gasteiger partial charge in [-0.25, -0.2) is 4.68 Å². The van der Waals surface area contributed by atoms with Gasteiger partial charge in [-0.2, -0.15) is 5.10 Å². The van der Waals surface area contributed by atoms with Crippen LogP contribution in [0.5, 0.6) is 0 Å². The third-order valence-corrected chi connectivity index (χ3v) is 5.93. The first kappa shape index (κ1) is 19.4. The highest BCUT2D eigenvalue weighted by Crippen LogP contribution is 2.30. The molecule has 150 valence electrons. The van der Waals surface area contributed by atoms with Crippen molar-refractivity contribution in [2.75, 3.05) is 19.7 Å². The Labute approximate surface area is 173 Å². The number of nitrogens with zero attached hydrogens (tertiary/aromatic N) is 3. The molecule has 1 aromatic carbocycles. The number of carbonyl (C=O) groups excluding carboxylic acids is 2. The van der Waals surface area contributed by atoms with Crippen LogP contribution in [0.2, 0.25) is 0 Å². The van der Waals surface area contributed by atoms with Crippen molar-refractivity contribution >= 4 is 23.2 Å². The summed E-state index contributed by atoms with van der Waals surface area (Å²) in [5, 5.41) is 6.69. The van der Waals surface area contributed by atoms with E-state index in [-0.39, 0.29) is 17.8 Å². The fourth-order valence-electron chi connectivity index (χ4n) is 3.62. The average molecular weight is 410 g/mol. The molecular formula is C22H23N3O3S. The van der Waals surface area contributed by atoms with Gasteiger partial charge in [-0.1, -0.05) is 24.3 Å². The van der Waals surface area contributed by atoms with Crippen molar-refractivity contribution in [3.8, 4) is 16.3 Å². The van der Waals surface area contributed by atoms with E-state index in [1.54, 1.807) is 34.0 Å². The van der Waals surface area contributed by atoms with Gasteiger partial charge >= 0.3 is 5.97 Å². The summed E-state index contributed by atoms with van der Waals surface area (Å²) < 4.78 is 6.91. The van der Waals surface area contributed by atoms with E-state index in [1.807, 2.05) is 47.8 Å². The lowest BCUT2D eigenvalue weighted by atomic mass is 9.97. The molecule has 1 saturated heterocycles. The lowest BCUT2D eigenvalue weighted by Gasteiger charge is -2.31. The summed E-state index contributed by atoms with van der Waals surface area (Å²) in [4.78, 5) is 28.3. The van der Waals surface area contributed by atoms with Gasteiger partial charge in [0.2, 0.25) is 0 Å². The average Bonchev–Trinajstić information content (AvgIpc) is 3.44. The number of rotatable bonds is 5. The largest absolute Gasteiger partial charge is 0.466 e. The smallest absolute Gasteiger partial charge is 0.310 e. The number of esters is 1. The van der Waals surface area contributed by atoms with Gasteiger partial charge in [0.1, 0.15) is 5.69 Å². The van der Waals surface area contributed by atoms with Crippen LogP contribution in [0.15, 0.2) is 54.0 Å². The lowest BCUT2D eigenvalue weighted by Crippen LogP contribution is -2.42. The zero-order valence-electron chi connectivity index (χ0n) is 16.3. The molecule has 6 nitrogen and oxygen atoms in total. The molecule has 3 heterocycles. The first-order valence-electron chi connectivity index (χ1n) is 9.82. The Balaban J connectivity index is 1.65. The van der Waals surface area contributed by atoms with Crippen LogP contribution in [0.4, 0.5) is 0 Å². The van der Waals surface area contributed by atoms with Crippen LogP contribution in [0.3, 0.4) is 0 Å². The second kappa shape index (κ2) is 8.61. The van der Waals surface area contributed by atoms with Crippen LogP contribution >= 0.6 is 11.3 Å². The third kappa shape index (κ3) is 4.10. The minimum absolute atomic E-state index is 0.0930. The van der Waals surface area contributed by atoms with E-state index in [0.29, 0.717) is 31.0 Å². The maximum atomic E-state index is 13.4. The number of amides is 1. The highest BCUT2D eigenvalue weighted by atomic mass is 32.1. The van der Waals surface area contributed by atoms with Crippen molar-refractivity contribution < 1.29 is 14.3 Å². The number of thiophene rings is 1. The number of benzene rings is 1. The molecule has 2 aromatic heterocycles. The fraction of sp³-hybridized carbons (Fsp3) is 0.318. The van der Waals surface area contributed by atoms with Crippen LogP contribution in [-0.4, -0.2) is 46.3 Å². The molecule has 4 rings (SSSR count). The first-order valence-corrected chi connectivity index (χ1v) is 10.7. The predicted molar refractivity (Wildman–Crippen MR) is 112 cm³/mol. The van der Waals surface area contributed by atoms with Gasteiger partial charge in [0.15, 0.2) is 0 Å². The molecule has 0 bridgehead atoms. The zero-order chi connectivity index (χ0) is 20.2. The monoisotopic (exact) mass is 409 g/mol. The highest BCUT2D eigenvalue weighted by molar-refractivity contribution is 7.13. The zero-order valence-corrected chi connectivity index (χ0v) is 17.1. The van der Waals surface area contributed by atoms with E-state index in [2.05, 4.69) is 0 Å². The lowest BCUT2D eigenvalue weighted by molar-refractivity contribution is -0.149. The molecule has 7 heteroatoms. The van der Waals surface area contributed by atoms with Gasteiger partial charge in [-0.3, -0.25) is 9.59 Å². The third-order valence-electron chi connectivity index (χ3n) is 5.05. The van der Waals surface area contributed by atoms with Crippen LogP contribution in [0.25, 0.3) is 16.3 Å². The van der Waals surface area contributed by atoms with Crippen molar-refractivity contribution in [1.82, 2.24) is 14.7 Å². The Morgan fingerprint density at radius 3 is 2.76 bits per heavy atom. The summed E-state index contributed by atoms with van der Waals surface area (Å²) in [6.07, 6.45) is 3.33. The normalized spacial score (nSPS) is 16.6. The molecule has 1 aliphatic rings. The number of ether oxygens (including phenoxy) is 1. The molecule has 0 N–H and O–H groups in total. The SMILES string of the molecule is CCOC(=O)C1CCCN(C(=O)c2cn(-c3ccccc3)nc2-c2cccs2)C1. The number of likely N-dealkylation sites (tertiary alicyclic amines) is 1. The summed E-state index contributed by atoms with van der Waals surface area (Å²) in [6.45, 7) is 3.18. The van der Waals surface area contributed by atoms with Crippen molar-refractivity contribution in [3.63, 3.8) is 0 Å². The fourth-order valence-corrected chi connectivity index (χ4v) is 4.35. The summed E-state index contributed by atoms with van der Waals surface area (Å²) in [5.41, 5.74) is 2.13. The molecule has 29 heavy (non-hydrogen) atoms. The highest BCUT2D eigenvalue weighted by Gasteiger charge is 2.32. The van der Waals surface area contributed by atoms with Gasteiger partial charge in [0.25, 0.3) is 5.91 Å². The van der Waals surface area contributed by atoms with Crippen molar-refractivity contribution in [2.24, 2.45) is 5.92 Å². The Hall–Kier alpha value is -2.93. The maximum absolute atomic E-state index is 13.4. The summed E-state index contributed by atoms with van der Waals surface area (Å²) in [6, 6.07) is 13.7. The maximum Gasteiger partial charge on any atom is 0.310 e. The molecule has 1 atom stereocenters. The van der Waals surface area contributed by atoms with Crippen LogP contribution in [0, 0.1) is 5.92 Å². The molecule has 0 aliphatic carbocycles. The van der Waals surface area contributed by atoms with E-state index in [0.717, 1.165) is 23.4 Å². The predicted octanol–water partition coefficient (Wildman–Crippen LogP) is 4.02. The standard InChI is InChI=1S/C22H23N3O3S/c1-2-28-22(27)16-8-6-12-24(14-16)21(26)18-15-25(17-9-4-3-5-10-17)23-20(18)19-11-7-13-29-19/h3-5,7,9-11,13,15-16H,2,6,8,12,14H2,1H3. The molecule has 1 fully saturated rings. The minimum atomic E-state index is -0.262. The minimum Gasteiger partial charge on any atom is -0.466 e. The first-order chi connectivity index (χ1) is 14.2. The Morgan fingerprint density at radius 2 is 2.03 bits per heavy atom. The van der Waals surface area contributed by atoms with Crippen LogP contribution in [-0.2, 0) is 9.53 Å². The van der Waals surface area contributed by atoms with E-state index < -0.39 is 0 Å². The second-order valence-corrected chi connectivity index (χ2v) is 7.94. The van der Waals surface area contributed by atoms with Gasteiger partial charge in [-0.15, -0.1) is 11.3 Å². The van der Waals surface area contributed by atoms with E-state index in [1.165, 1.54) is 0 Å². The molecule has 1 amide bonds. The van der Waals surface area contributed by atoms with E-state index >= 15 is 0 Å². The van der Waals surface area contributed by atoms with Gasteiger partial charge < -0.3 is 9.64 Å². The van der Waals surface area contributed by atoms with Gasteiger partial charge in [0, 0.05) is 19.3 Å². The molecule has 1 aliphatic heterocycles. The van der Waals surface area contributed by atoms with Crippen molar-refractivity contribution in [3.05, 3.63) is 59.6 Å². The molecule has 1 unspecified atom stereocenters. The summed E-state index contributed by atoms with van der Waals surface area (Å²) in [7, 11) is 0. The van der Waals surface area contributed by atoms with Crippen LogP contribution in [0.1, 0.15) is 30.1 Å².